The van der Waals surface area contributed by atoms with Crippen molar-refractivity contribution in [2.45, 2.75) is 53.4 Å². The molecular weight excluding hydrogens is 240 g/mol. The van der Waals surface area contributed by atoms with E-state index in [0.717, 1.165) is 25.7 Å². The summed E-state index contributed by atoms with van der Waals surface area (Å²) in [5, 5.41) is 0. The molecule has 20 heavy (non-hydrogen) atoms. The van der Waals surface area contributed by atoms with Crippen LogP contribution in [0.5, 0.6) is 0 Å². The average molecular weight is 264 g/mol. The second-order valence-corrected chi connectivity index (χ2v) is 5.27. The molecule has 0 aromatic heterocycles. The average Bonchev–Trinajstić information content (AvgIpc) is 2.53. The fraction of sp³-hybridized carbons (Fsp3) is 0.400. The van der Waals surface area contributed by atoms with Crippen LogP contribution < -0.4 is 0 Å². The van der Waals surface area contributed by atoms with Crippen LogP contribution in [-0.2, 0) is 25.7 Å². The van der Waals surface area contributed by atoms with E-state index in [1.54, 1.807) is 0 Å². The van der Waals surface area contributed by atoms with Gasteiger partial charge >= 0.3 is 0 Å². The van der Waals surface area contributed by atoms with Crippen LogP contribution in [0.15, 0.2) is 24.3 Å². The zero-order valence-corrected chi connectivity index (χ0v) is 13.1. The molecule has 0 spiro atoms. The molecule has 0 nitrogen and oxygen atoms in total. The van der Waals surface area contributed by atoms with Gasteiger partial charge < -0.3 is 0 Å². The smallest absolute Gasteiger partial charge is 0.00640 e. The minimum Gasteiger partial charge on any atom is -0.0613 e. The van der Waals surface area contributed by atoms with Gasteiger partial charge in [-0.05, 0) is 71.2 Å². The number of benzene rings is 2. The summed E-state index contributed by atoms with van der Waals surface area (Å²) in [5.41, 5.74) is 7.78. The fourth-order valence-corrected chi connectivity index (χ4v) is 2.47. The van der Waals surface area contributed by atoms with Crippen LogP contribution in [0.2, 0.25) is 0 Å². The predicted octanol–water partition coefficient (Wildman–Crippen LogP) is 5.20. The Kier molecular flexibility index (Phi) is 5.00. The second kappa shape index (κ2) is 6.74. The van der Waals surface area contributed by atoms with E-state index < -0.39 is 0 Å². The number of hydrogen-bond donors (Lipinski definition) is 0. The molecule has 0 saturated heterocycles. The SMILES string of the molecule is CCc1[c]c(-c2[c]c(CC)cc(CC)c2)cc(CC)c1. The normalized spacial score (nSPS) is 10.8. The Hall–Kier alpha value is -1.56. The van der Waals surface area contributed by atoms with Crippen LogP contribution in [-0.4, -0.2) is 0 Å². The number of aryl methyl sites for hydroxylation is 4. The Morgan fingerprint density at radius 3 is 1.30 bits per heavy atom. The highest BCUT2D eigenvalue weighted by atomic mass is 14.1. The molecular formula is C20H24. The maximum absolute atomic E-state index is 3.56. The molecule has 0 bridgehead atoms. The van der Waals surface area contributed by atoms with E-state index in [1.165, 1.54) is 33.4 Å². The van der Waals surface area contributed by atoms with Crippen molar-refractivity contribution >= 4 is 0 Å². The van der Waals surface area contributed by atoms with Crippen molar-refractivity contribution < 1.29 is 0 Å². The summed E-state index contributed by atoms with van der Waals surface area (Å²) in [5.74, 6) is 0. The summed E-state index contributed by atoms with van der Waals surface area (Å²) in [6, 6.07) is 16.2. The third-order valence-electron chi connectivity index (χ3n) is 3.84. The van der Waals surface area contributed by atoms with Gasteiger partial charge in [0.1, 0.15) is 0 Å². The largest absolute Gasteiger partial charge is 0.0613 e. The highest BCUT2D eigenvalue weighted by Gasteiger charge is 2.06. The molecule has 0 heteroatoms. The third-order valence-corrected chi connectivity index (χ3v) is 3.84. The van der Waals surface area contributed by atoms with Crippen molar-refractivity contribution in [3.63, 3.8) is 0 Å². The zero-order valence-electron chi connectivity index (χ0n) is 13.1. The Labute approximate surface area is 123 Å². The summed E-state index contributed by atoms with van der Waals surface area (Å²) < 4.78 is 0. The van der Waals surface area contributed by atoms with E-state index >= 15 is 0 Å². The van der Waals surface area contributed by atoms with Gasteiger partial charge in [-0.15, -0.1) is 0 Å². The van der Waals surface area contributed by atoms with E-state index in [1.807, 2.05) is 0 Å². The van der Waals surface area contributed by atoms with Crippen LogP contribution in [0.25, 0.3) is 11.1 Å². The van der Waals surface area contributed by atoms with Crippen molar-refractivity contribution in [2.75, 3.05) is 0 Å². The van der Waals surface area contributed by atoms with Crippen molar-refractivity contribution in [1.82, 2.24) is 0 Å². The number of rotatable bonds is 5. The molecule has 0 N–H and O–H groups in total. The highest BCUT2D eigenvalue weighted by Crippen LogP contribution is 2.25. The van der Waals surface area contributed by atoms with Gasteiger partial charge in [0.2, 0.25) is 0 Å². The van der Waals surface area contributed by atoms with Crippen molar-refractivity contribution in [3.8, 4) is 11.1 Å². The van der Waals surface area contributed by atoms with Crippen molar-refractivity contribution in [3.05, 3.63) is 58.7 Å². The molecule has 0 aliphatic carbocycles. The van der Waals surface area contributed by atoms with Gasteiger partial charge in [0.25, 0.3) is 0 Å². The summed E-state index contributed by atoms with van der Waals surface area (Å²) in [6.45, 7) is 8.81. The van der Waals surface area contributed by atoms with E-state index in [2.05, 4.69) is 64.1 Å². The quantitative estimate of drug-likeness (QED) is 0.696. The molecule has 2 rings (SSSR count). The molecule has 2 aromatic rings. The first-order valence-corrected chi connectivity index (χ1v) is 7.80. The minimum atomic E-state index is 1.04. The molecule has 0 atom stereocenters. The summed E-state index contributed by atoms with van der Waals surface area (Å²) in [4.78, 5) is 0. The van der Waals surface area contributed by atoms with Gasteiger partial charge in [-0.25, -0.2) is 0 Å². The molecule has 0 unspecified atom stereocenters. The maximum Gasteiger partial charge on any atom is -0.00640 e. The summed E-state index contributed by atoms with van der Waals surface area (Å²) >= 11 is 0. The molecule has 0 heterocycles. The Balaban J connectivity index is 2.54. The molecule has 2 aromatic carbocycles. The van der Waals surface area contributed by atoms with Crippen molar-refractivity contribution in [1.29, 1.82) is 0 Å². The van der Waals surface area contributed by atoms with Crippen LogP contribution in [0.1, 0.15) is 49.9 Å². The molecule has 0 amide bonds. The van der Waals surface area contributed by atoms with Crippen molar-refractivity contribution in [2.24, 2.45) is 0 Å². The van der Waals surface area contributed by atoms with Crippen LogP contribution >= 0.6 is 0 Å². The lowest BCUT2D eigenvalue weighted by Gasteiger charge is -2.10. The standard InChI is InChI=1S/C20H24/c1-5-15-9-16(6-2)12-19(11-15)20-13-17(7-3)10-18(8-4)14-20/h9-11,13H,5-8H2,1-4H3. The molecule has 0 saturated carbocycles. The van der Waals surface area contributed by atoms with Crippen LogP contribution in [0.4, 0.5) is 0 Å². The lowest BCUT2D eigenvalue weighted by molar-refractivity contribution is 1.08. The lowest BCUT2D eigenvalue weighted by Crippen LogP contribution is -1.93. The first-order chi connectivity index (χ1) is 9.69. The molecule has 0 aliphatic heterocycles. The van der Waals surface area contributed by atoms with E-state index in [9.17, 15) is 0 Å². The molecule has 0 aliphatic rings. The van der Waals surface area contributed by atoms with Gasteiger partial charge in [0.15, 0.2) is 0 Å². The monoisotopic (exact) mass is 264 g/mol. The van der Waals surface area contributed by atoms with Gasteiger partial charge in [-0.2, -0.15) is 0 Å². The zero-order chi connectivity index (χ0) is 14.5. The fourth-order valence-electron chi connectivity index (χ4n) is 2.47. The van der Waals surface area contributed by atoms with Gasteiger partial charge in [-0.1, -0.05) is 52.0 Å². The lowest BCUT2D eigenvalue weighted by atomic mass is 9.94. The first kappa shape index (κ1) is 14.8. The highest BCUT2D eigenvalue weighted by molar-refractivity contribution is 5.65. The Morgan fingerprint density at radius 1 is 0.600 bits per heavy atom. The second-order valence-electron chi connectivity index (χ2n) is 5.27. The van der Waals surface area contributed by atoms with Gasteiger partial charge in [-0.3, -0.25) is 0 Å². The molecule has 2 radical (unpaired) electrons. The number of hydrogen-bond acceptors (Lipinski definition) is 0. The predicted molar refractivity (Wildman–Crippen MR) is 87.1 cm³/mol. The molecule has 0 fully saturated rings. The van der Waals surface area contributed by atoms with Gasteiger partial charge in [0, 0.05) is 0 Å². The van der Waals surface area contributed by atoms with Crippen LogP contribution in [0, 0.1) is 12.1 Å². The van der Waals surface area contributed by atoms with E-state index in [4.69, 9.17) is 0 Å². The summed E-state index contributed by atoms with van der Waals surface area (Å²) in [6.07, 6.45) is 4.22. The van der Waals surface area contributed by atoms with E-state index in [-0.39, 0.29) is 0 Å². The third kappa shape index (κ3) is 3.30. The Morgan fingerprint density at radius 2 is 1.00 bits per heavy atom. The van der Waals surface area contributed by atoms with Crippen LogP contribution in [0.3, 0.4) is 0 Å². The summed E-state index contributed by atoms with van der Waals surface area (Å²) in [7, 11) is 0. The molecule has 104 valence electrons. The minimum absolute atomic E-state index is 1.04. The van der Waals surface area contributed by atoms with Gasteiger partial charge in [0.05, 0.1) is 0 Å². The first-order valence-electron chi connectivity index (χ1n) is 7.80. The van der Waals surface area contributed by atoms with E-state index in [0.29, 0.717) is 0 Å². The topological polar surface area (TPSA) is 0 Å². The maximum atomic E-state index is 3.56. The Bertz CT molecular complexity index is 481.